The first-order valence-corrected chi connectivity index (χ1v) is 13.8. The van der Waals surface area contributed by atoms with E-state index in [9.17, 15) is 0 Å². The fraction of sp³-hybridized carbons (Fsp3) is 0.364. The number of anilines is 1. The molecule has 6 nitrogen and oxygen atoms in total. The molecule has 2 aromatic heterocycles. The first-order chi connectivity index (χ1) is 19.1. The standard InChI is InChI=1S/C33H40N4O2/c1-5-6-7-9-12-25(2)29-15-16-32(34-22-29)37-19-17-27(18-20-37)21-31-35-26(3)33(30(36-31)24-38-4)39-23-28-13-10-8-11-14-28/h5-16,22,27H,17-21,23-24H2,1-4H3/b6-5-,9-7-,25-12+. The van der Waals surface area contributed by atoms with Gasteiger partial charge in [0.05, 0.1) is 12.3 Å². The summed E-state index contributed by atoms with van der Waals surface area (Å²) in [6, 6.07) is 14.5. The largest absolute Gasteiger partial charge is 0.485 e. The van der Waals surface area contributed by atoms with Crippen LogP contribution in [0.25, 0.3) is 5.57 Å². The zero-order valence-electron chi connectivity index (χ0n) is 23.6. The van der Waals surface area contributed by atoms with Crippen LogP contribution in [0, 0.1) is 12.8 Å². The molecule has 1 aromatic carbocycles. The van der Waals surface area contributed by atoms with Crippen molar-refractivity contribution in [2.24, 2.45) is 5.92 Å². The van der Waals surface area contributed by atoms with Crippen LogP contribution in [0.2, 0.25) is 0 Å². The molecule has 0 bridgehead atoms. The molecule has 3 aromatic rings. The van der Waals surface area contributed by atoms with Gasteiger partial charge in [-0.05, 0) is 68.4 Å². The predicted molar refractivity (Wildman–Crippen MR) is 159 cm³/mol. The average molecular weight is 525 g/mol. The lowest BCUT2D eigenvalue weighted by Crippen LogP contribution is -2.35. The number of piperidine rings is 1. The molecule has 0 radical (unpaired) electrons. The van der Waals surface area contributed by atoms with Gasteiger partial charge in [0.15, 0.2) is 5.75 Å². The van der Waals surface area contributed by atoms with Crippen LogP contribution in [0.1, 0.15) is 55.0 Å². The van der Waals surface area contributed by atoms with E-state index in [-0.39, 0.29) is 0 Å². The van der Waals surface area contributed by atoms with Crippen molar-refractivity contribution in [3.8, 4) is 5.75 Å². The molecule has 204 valence electrons. The summed E-state index contributed by atoms with van der Waals surface area (Å²) in [6.07, 6.45) is 15.3. The number of ether oxygens (including phenoxy) is 2. The van der Waals surface area contributed by atoms with Gasteiger partial charge in [-0.3, -0.25) is 0 Å². The second kappa shape index (κ2) is 14.4. The van der Waals surface area contributed by atoms with E-state index in [1.54, 1.807) is 7.11 Å². The summed E-state index contributed by atoms with van der Waals surface area (Å²) in [4.78, 5) is 16.8. The average Bonchev–Trinajstić information content (AvgIpc) is 2.96. The Labute approximate surface area is 233 Å². The fourth-order valence-electron chi connectivity index (χ4n) is 4.83. The number of hydrogen-bond acceptors (Lipinski definition) is 6. The van der Waals surface area contributed by atoms with Gasteiger partial charge >= 0.3 is 0 Å². The van der Waals surface area contributed by atoms with Crippen molar-refractivity contribution in [3.05, 3.63) is 107 Å². The van der Waals surface area contributed by atoms with Crippen LogP contribution in [0.3, 0.4) is 0 Å². The minimum atomic E-state index is 0.404. The first kappa shape index (κ1) is 28.2. The monoisotopic (exact) mass is 524 g/mol. The second-order valence-corrected chi connectivity index (χ2v) is 10.0. The van der Waals surface area contributed by atoms with Crippen molar-refractivity contribution in [2.45, 2.75) is 53.2 Å². The van der Waals surface area contributed by atoms with E-state index in [1.807, 2.05) is 56.5 Å². The molecule has 0 unspecified atom stereocenters. The number of pyridine rings is 1. The van der Waals surface area contributed by atoms with Crippen LogP contribution < -0.4 is 9.64 Å². The molecule has 0 aliphatic carbocycles. The van der Waals surface area contributed by atoms with Gasteiger partial charge in [-0.1, -0.05) is 60.7 Å². The van der Waals surface area contributed by atoms with E-state index in [0.717, 1.165) is 72.3 Å². The quantitative estimate of drug-likeness (QED) is 0.254. The Kier molecular flexibility index (Phi) is 10.4. The Morgan fingerprint density at radius 3 is 2.49 bits per heavy atom. The van der Waals surface area contributed by atoms with Gasteiger partial charge in [0.1, 0.15) is 23.9 Å². The SMILES string of the molecule is C\C=C/C=C\C=C(/C)c1ccc(N2CCC(Cc3nc(C)c(OCc4ccccc4)c(COC)n3)CC2)nc1. The third kappa shape index (κ3) is 8.11. The first-order valence-electron chi connectivity index (χ1n) is 13.8. The topological polar surface area (TPSA) is 60.4 Å². The van der Waals surface area contributed by atoms with Gasteiger partial charge in [-0.15, -0.1) is 0 Å². The molecule has 0 atom stereocenters. The molecule has 4 rings (SSSR count). The van der Waals surface area contributed by atoms with Crippen LogP contribution in [-0.4, -0.2) is 35.2 Å². The predicted octanol–water partition coefficient (Wildman–Crippen LogP) is 6.90. The summed E-state index contributed by atoms with van der Waals surface area (Å²) in [6.45, 7) is 8.99. The zero-order valence-corrected chi connectivity index (χ0v) is 23.6. The minimum absolute atomic E-state index is 0.404. The third-order valence-corrected chi connectivity index (χ3v) is 7.03. The molecular weight excluding hydrogens is 484 g/mol. The summed E-state index contributed by atoms with van der Waals surface area (Å²) < 4.78 is 11.6. The summed E-state index contributed by atoms with van der Waals surface area (Å²) in [7, 11) is 1.69. The van der Waals surface area contributed by atoms with E-state index in [1.165, 1.54) is 5.57 Å². The Hall–Kier alpha value is -3.77. The maximum Gasteiger partial charge on any atom is 0.164 e. The van der Waals surface area contributed by atoms with Gasteiger partial charge in [0, 0.05) is 32.8 Å². The summed E-state index contributed by atoms with van der Waals surface area (Å²) >= 11 is 0. The Morgan fingerprint density at radius 2 is 1.79 bits per heavy atom. The lowest BCUT2D eigenvalue weighted by Gasteiger charge is -2.32. The van der Waals surface area contributed by atoms with Gasteiger partial charge < -0.3 is 14.4 Å². The number of aryl methyl sites for hydroxylation is 1. The van der Waals surface area contributed by atoms with E-state index < -0.39 is 0 Å². The fourth-order valence-corrected chi connectivity index (χ4v) is 4.83. The summed E-state index contributed by atoms with van der Waals surface area (Å²) in [5.41, 5.74) is 5.15. The van der Waals surface area contributed by atoms with Crippen LogP contribution >= 0.6 is 0 Å². The number of rotatable bonds is 11. The normalized spacial score (nSPS) is 15.0. The smallest absolute Gasteiger partial charge is 0.164 e. The third-order valence-electron chi connectivity index (χ3n) is 7.03. The Balaban J connectivity index is 1.34. The van der Waals surface area contributed by atoms with Crippen LogP contribution in [0.4, 0.5) is 5.82 Å². The van der Waals surface area contributed by atoms with Gasteiger partial charge in [-0.25, -0.2) is 15.0 Å². The second-order valence-electron chi connectivity index (χ2n) is 10.0. The van der Waals surface area contributed by atoms with Crippen molar-refractivity contribution < 1.29 is 9.47 Å². The number of hydrogen-bond donors (Lipinski definition) is 0. The highest BCUT2D eigenvalue weighted by atomic mass is 16.5. The van der Waals surface area contributed by atoms with Crippen molar-refractivity contribution in [3.63, 3.8) is 0 Å². The van der Waals surface area contributed by atoms with Gasteiger partial charge in [0.2, 0.25) is 0 Å². The molecule has 3 heterocycles. The van der Waals surface area contributed by atoms with Gasteiger partial charge in [0.25, 0.3) is 0 Å². The van der Waals surface area contributed by atoms with E-state index >= 15 is 0 Å². The molecule has 6 heteroatoms. The molecular formula is C33H40N4O2. The maximum atomic E-state index is 6.14. The van der Waals surface area contributed by atoms with Crippen LogP contribution in [0.5, 0.6) is 5.75 Å². The molecule has 0 amide bonds. The molecule has 1 saturated heterocycles. The van der Waals surface area contributed by atoms with Crippen molar-refractivity contribution in [1.29, 1.82) is 0 Å². The van der Waals surface area contributed by atoms with E-state index in [2.05, 4.69) is 48.2 Å². The molecule has 39 heavy (non-hydrogen) atoms. The van der Waals surface area contributed by atoms with Crippen LogP contribution in [-0.2, 0) is 24.4 Å². The summed E-state index contributed by atoms with van der Waals surface area (Å²) in [5, 5.41) is 0. The highest BCUT2D eigenvalue weighted by Crippen LogP contribution is 2.27. The van der Waals surface area contributed by atoms with Crippen molar-refractivity contribution >= 4 is 11.4 Å². The van der Waals surface area contributed by atoms with E-state index in [4.69, 9.17) is 24.4 Å². The number of benzene rings is 1. The van der Waals surface area contributed by atoms with Gasteiger partial charge in [-0.2, -0.15) is 0 Å². The van der Waals surface area contributed by atoms with Crippen LogP contribution in [0.15, 0.2) is 79.0 Å². The maximum absolute atomic E-state index is 6.14. The minimum Gasteiger partial charge on any atom is -0.485 e. The number of methoxy groups -OCH3 is 1. The molecule has 1 aliphatic rings. The number of nitrogens with zero attached hydrogens (tertiary/aromatic N) is 4. The Morgan fingerprint density at radius 1 is 1.00 bits per heavy atom. The molecule has 1 fully saturated rings. The molecule has 0 N–H and O–H groups in total. The zero-order chi connectivity index (χ0) is 27.5. The molecule has 0 saturated carbocycles. The van der Waals surface area contributed by atoms with E-state index in [0.29, 0.717) is 19.1 Å². The highest BCUT2D eigenvalue weighted by Gasteiger charge is 2.23. The summed E-state index contributed by atoms with van der Waals surface area (Å²) in [5.74, 6) is 3.19. The lowest BCUT2D eigenvalue weighted by atomic mass is 9.93. The molecule has 0 spiro atoms. The van der Waals surface area contributed by atoms with Crippen molar-refractivity contribution in [1.82, 2.24) is 15.0 Å². The Bertz CT molecular complexity index is 1280. The number of allylic oxidation sites excluding steroid dienone is 6. The van der Waals surface area contributed by atoms with Crippen molar-refractivity contribution in [2.75, 3.05) is 25.1 Å². The lowest BCUT2D eigenvalue weighted by molar-refractivity contribution is 0.174. The highest BCUT2D eigenvalue weighted by molar-refractivity contribution is 5.65. The molecule has 1 aliphatic heterocycles. The number of aromatic nitrogens is 3.